The summed E-state index contributed by atoms with van der Waals surface area (Å²) in [6.45, 7) is 5.70. The van der Waals surface area contributed by atoms with Crippen LogP contribution in [0.4, 0.5) is 22.9 Å². The van der Waals surface area contributed by atoms with Crippen molar-refractivity contribution in [3.8, 4) is 11.3 Å². The van der Waals surface area contributed by atoms with E-state index >= 15 is 0 Å². The Balaban J connectivity index is 1.63. The second kappa shape index (κ2) is 8.43. The summed E-state index contributed by atoms with van der Waals surface area (Å²) in [5.74, 6) is 0.273. The van der Waals surface area contributed by atoms with Gasteiger partial charge in [0.25, 0.3) is 5.56 Å². The molecule has 1 saturated heterocycles. The number of aryl methyl sites for hydroxylation is 2. The monoisotopic (exact) mass is 419 g/mol. The molecule has 0 unspecified atom stereocenters. The number of anilines is 4. The van der Waals surface area contributed by atoms with Crippen LogP contribution in [0.15, 0.2) is 47.4 Å². The highest BCUT2D eigenvalue weighted by Crippen LogP contribution is 2.29. The molecule has 1 aliphatic heterocycles. The Morgan fingerprint density at radius 1 is 1.16 bits per heavy atom. The number of benzene rings is 2. The molecule has 0 atom stereocenters. The van der Waals surface area contributed by atoms with Crippen molar-refractivity contribution in [2.24, 2.45) is 7.05 Å². The molecule has 0 spiro atoms. The van der Waals surface area contributed by atoms with Gasteiger partial charge in [-0.2, -0.15) is 0 Å². The molecule has 162 valence electrons. The third-order valence-corrected chi connectivity index (χ3v) is 5.99. The first-order valence-corrected chi connectivity index (χ1v) is 10.6. The van der Waals surface area contributed by atoms with Crippen molar-refractivity contribution in [2.45, 2.75) is 32.8 Å². The number of nitrogens with one attached hydrogen (secondary N) is 1. The third kappa shape index (κ3) is 4.27. The second-order valence-corrected chi connectivity index (χ2v) is 8.26. The van der Waals surface area contributed by atoms with Gasteiger partial charge in [0.2, 0.25) is 0 Å². The number of nitrogen functional groups attached to an aromatic ring is 1. The van der Waals surface area contributed by atoms with E-state index in [9.17, 15) is 9.90 Å². The number of aliphatic hydroxyl groups is 1. The van der Waals surface area contributed by atoms with Crippen LogP contribution in [0.5, 0.6) is 0 Å². The summed E-state index contributed by atoms with van der Waals surface area (Å²) in [6, 6.07) is 11.8. The van der Waals surface area contributed by atoms with Gasteiger partial charge in [0.15, 0.2) is 5.82 Å². The van der Waals surface area contributed by atoms with Crippen LogP contribution in [-0.4, -0.2) is 33.9 Å². The first kappa shape index (κ1) is 20.9. The molecule has 0 saturated carbocycles. The molecule has 0 aliphatic carbocycles. The van der Waals surface area contributed by atoms with Crippen LogP contribution in [0.1, 0.15) is 24.0 Å². The summed E-state index contributed by atoms with van der Waals surface area (Å²) >= 11 is 0. The first-order valence-electron chi connectivity index (χ1n) is 10.6. The van der Waals surface area contributed by atoms with Crippen LogP contribution in [0.25, 0.3) is 11.3 Å². The predicted molar refractivity (Wildman–Crippen MR) is 126 cm³/mol. The number of piperidine rings is 1. The van der Waals surface area contributed by atoms with E-state index < -0.39 is 0 Å². The van der Waals surface area contributed by atoms with Crippen molar-refractivity contribution < 1.29 is 5.11 Å². The number of nitrogens with zero attached hydrogens (tertiary/aromatic N) is 3. The number of aromatic nitrogens is 2. The van der Waals surface area contributed by atoms with Crippen molar-refractivity contribution in [2.75, 3.05) is 29.0 Å². The number of nitrogens with two attached hydrogens (primary N) is 1. The van der Waals surface area contributed by atoms with Crippen LogP contribution in [0, 0.1) is 13.8 Å². The summed E-state index contributed by atoms with van der Waals surface area (Å²) in [4.78, 5) is 19.6. The van der Waals surface area contributed by atoms with Gasteiger partial charge in [-0.05, 0) is 62.1 Å². The van der Waals surface area contributed by atoms with E-state index in [0.29, 0.717) is 11.4 Å². The third-order valence-electron chi connectivity index (χ3n) is 5.99. The topological polar surface area (TPSA) is 96.4 Å². The first-order chi connectivity index (χ1) is 14.8. The van der Waals surface area contributed by atoms with Gasteiger partial charge in [0, 0.05) is 49.0 Å². The van der Waals surface area contributed by atoms with Crippen molar-refractivity contribution >= 4 is 22.9 Å². The molecule has 1 aromatic heterocycles. The summed E-state index contributed by atoms with van der Waals surface area (Å²) in [5, 5.41) is 13.0. The highest BCUT2D eigenvalue weighted by atomic mass is 16.3. The zero-order valence-corrected chi connectivity index (χ0v) is 18.2. The smallest absolute Gasteiger partial charge is 0.293 e. The van der Waals surface area contributed by atoms with E-state index in [4.69, 9.17) is 5.73 Å². The molecule has 7 heteroatoms. The largest absolute Gasteiger partial charge is 0.398 e. The number of aliphatic hydroxyl groups excluding tert-OH is 1. The van der Waals surface area contributed by atoms with E-state index in [-0.39, 0.29) is 17.5 Å². The average Bonchev–Trinajstić information content (AvgIpc) is 2.74. The van der Waals surface area contributed by atoms with Gasteiger partial charge >= 0.3 is 0 Å². The predicted octanol–water partition coefficient (Wildman–Crippen LogP) is 3.35. The highest BCUT2D eigenvalue weighted by molar-refractivity contribution is 5.71. The van der Waals surface area contributed by atoms with E-state index in [0.717, 1.165) is 54.0 Å². The number of hydrogen-bond donors (Lipinski definition) is 3. The zero-order chi connectivity index (χ0) is 22.1. The minimum atomic E-state index is -0.198. The van der Waals surface area contributed by atoms with Crippen molar-refractivity contribution in [1.29, 1.82) is 0 Å². The Hall–Kier alpha value is -3.32. The summed E-state index contributed by atoms with van der Waals surface area (Å²) < 4.78 is 1.54. The van der Waals surface area contributed by atoms with E-state index in [1.807, 2.05) is 37.3 Å². The minimum Gasteiger partial charge on any atom is -0.398 e. The maximum Gasteiger partial charge on any atom is 0.293 e. The summed E-state index contributed by atoms with van der Waals surface area (Å²) in [7, 11) is 1.72. The molecular weight excluding hydrogens is 390 g/mol. The van der Waals surface area contributed by atoms with Gasteiger partial charge in [-0.15, -0.1) is 0 Å². The lowest BCUT2D eigenvalue weighted by molar-refractivity contribution is 0.145. The van der Waals surface area contributed by atoms with Gasteiger partial charge in [0.05, 0.1) is 11.8 Å². The molecule has 3 aromatic rings. The SMILES string of the molecule is Cc1cc(Nc2nc(-c3cccc(N)c3C)cn(C)c2=O)ccc1N1CCC(O)CC1. The maximum absolute atomic E-state index is 12.7. The fraction of sp³-hybridized carbons (Fsp3) is 0.333. The lowest BCUT2D eigenvalue weighted by atomic mass is 10.0. The maximum atomic E-state index is 12.7. The van der Waals surface area contributed by atoms with E-state index in [2.05, 4.69) is 28.2 Å². The van der Waals surface area contributed by atoms with Crippen molar-refractivity contribution in [3.05, 3.63) is 64.1 Å². The molecule has 0 bridgehead atoms. The molecule has 1 fully saturated rings. The highest BCUT2D eigenvalue weighted by Gasteiger charge is 2.19. The Morgan fingerprint density at radius 3 is 2.61 bits per heavy atom. The standard InChI is InChI=1S/C24H29N5O2/c1-15-13-17(7-8-22(15)29-11-9-18(30)10-12-29)26-23-24(31)28(3)14-21(27-23)19-5-4-6-20(25)16(19)2/h4-8,13-14,18,30H,9-12,25H2,1-3H3,(H,26,27). The fourth-order valence-electron chi connectivity index (χ4n) is 4.08. The van der Waals surface area contributed by atoms with Crippen LogP contribution in [0.3, 0.4) is 0 Å². The summed E-state index contributed by atoms with van der Waals surface area (Å²) in [5.41, 5.74) is 12.2. The molecule has 0 amide bonds. The van der Waals surface area contributed by atoms with Crippen molar-refractivity contribution in [1.82, 2.24) is 9.55 Å². The Kier molecular flexibility index (Phi) is 5.69. The Labute approximate surface area is 182 Å². The molecule has 2 aromatic carbocycles. The van der Waals surface area contributed by atoms with Crippen LogP contribution in [0.2, 0.25) is 0 Å². The van der Waals surface area contributed by atoms with E-state index in [1.165, 1.54) is 4.57 Å². The Morgan fingerprint density at radius 2 is 1.90 bits per heavy atom. The molecule has 2 heterocycles. The molecule has 7 nitrogen and oxygen atoms in total. The van der Waals surface area contributed by atoms with Crippen molar-refractivity contribution in [3.63, 3.8) is 0 Å². The van der Waals surface area contributed by atoms with Crippen LogP contribution in [-0.2, 0) is 7.05 Å². The fourth-order valence-corrected chi connectivity index (χ4v) is 4.08. The van der Waals surface area contributed by atoms with Gasteiger partial charge in [-0.3, -0.25) is 4.79 Å². The summed E-state index contributed by atoms with van der Waals surface area (Å²) in [6.07, 6.45) is 3.11. The lowest BCUT2D eigenvalue weighted by Crippen LogP contribution is -2.36. The quantitative estimate of drug-likeness (QED) is 0.561. The minimum absolute atomic E-state index is 0.197. The molecular formula is C24H29N5O2. The zero-order valence-electron chi connectivity index (χ0n) is 18.2. The number of hydrogen-bond acceptors (Lipinski definition) is 6. The van der Waals surface area contributed by atoms with Crippen LogP contribution < -0.4 is 21.5 Å². The molecule has 0 radical (unpaired) electrons. The van der Waals surface area contributed by atoms with Gasteiger partial charge in [-0.25, -0.2) is 4.98 Å². The Bertz CT molecular complexity index is 1160. The second-order valence-electron chi connectivity index (χ2n) is 8.26. The molecule has 4 rings (SSSR count). The molecule has 1 aliphatic rings. The normalized spacial score (nSPS) is 14.6. The lowest BCUT2D eigenvalue weighted by Gasteiger charge is -2.32. The number of rotatable bonds is 4. The van der Waals surface area contributed by atoms with Gasteiger partial charge in [-0.1, -0.05) is 12.1 Å². The van der Waals surface area contributed by atoms with Gasteiger partial charge < -0.3 is 25.6 Å². The van der Waals surface area contributed by atoms with E-state index in [1.54, 1.807) is 13.2 Å². The molecule has 4 N–H and O–H groups in total. The molecule has 31 heavy (non-hydrogen) atoms. The van der Waals surface area contributed by atoms with Crippen LogP contribution >= 0.6 is 0 Å². The van der Waals surface area contributed by atoms with Gasteiger partial charge in [0.1, 0.15) is 0 Å². The average molecular weight is 420 g/mol.